The maximum absolute atomic E-state index is 13.4. The number of hydrogen-bond donors (Lipinski definition) is 2. The zero-order chi connectivity index (χ0) is 28.4. The summed E-state index contributed by atoms with van der Waals surface area (Å²) >= 11 is 0. The Morgan fingerprint density at radius 3 is 2.60 bits per heavy atom. The van der Waals surface area contributed by atoms with Crippen molar-refractivity contribution in [3.63, 3.8) is 0 Å². The van der Waals surface area contributed by atoms with Gasteiger partial charge in [0, 0.05) is 50.5 Å². The molecule has 0 bridgehead atoms. The summed E-state index contributed by atoms with van der Waals surface area (Å²) in [6.07, 6.45) is -3.04. The van der Waals surface area contributed by atoms with Crippen molar-refractivity contribution in [3.8, 4) is 17.1 Å². The second-order valence-electron chi connectivity index (χ2n) is 10.1. The molecule has 212 valence electrons. The molecule has 0 atom stereocenters. The first-order chi connectivity index (χ1) is 19.1. The van der Waals surface area contributed by atoms with Gasteiger partial charge in [-0.3, -0.25) is 4.79 Å². The minimum absolute atomic E-state index is 0.0184. The number of likely N-dealkylation sites (tertiary alicyclic amines) is 1. The van der Waals surface area contributed by atoms with Gasteiger partial charge in [0.2, 0.25) is 5.88 Å². The fraction of sp³-hybridized carbons (Fsp3) is 0.393. The first-order valence-electron chi connectivity index (χ1n) is 13.1. The highest BCUT2D eigenvalue weighted by molar-refractivity contribution is 5.99. The van der Waals surface area contributed by atoms with Crippen molar-refractivity contribution >= 4 is 17.3 Å². The van der Waals surface area contributed by atoms with Crippen LogP contribution in [0.15, 0.2) is 48.7 Å². The van der Waals surface area contributed by atoms with Gasteiger partial charge >= 0.3 is 6.18 Å². The molecule has 0 radical (unpaired) electrons. The molecule has 3 aromatic rings. The van der Waals surface area contributed by atoms with Crippen LogP contribution in [0.3, 0.4) is 0 Å². The molecule has 40 heavy (non-hydrogen) atoms. The monoisotopic (exact) mass is 558 g/mol. The van der Waals surface area contributed by atoms with Crippen LogP contribution in [0.5, 0.6) is 5.88 Å². The van der Waals surface area contributed by atoms with Gasteiger partial charge in [0.25, 0.3) is 5.91 Å². The fourth-order valence-corrected chi connectivity index (χ4v) is 4.96. The van der Waals surface area contributed by atoms with Crippen LogP contribution < -0.4 is 20.3 Å². The zero-order valence-corrected chi connectivity index (χ0v) is 22.1. The Kier molecular flexibility index (Phi) is 7.79. The molecule has 1 amide bonds. The largest absolute Gasteiger partial charge is 0.477 e. The molecule has 2 fully saturated rings. The number of rotatable bonds is 9. The molecule has 2 N–H and O–H groups in total. The maximum Gasteiger partial charge on any atom is 0.418 e. The molecule has 2 saturated heterocycles. The van der Waals surface area contributed by atoms with Gasteiger partial charge in [0.05, 0.1) is 35.2 Å². The van der Waals surface area contributed by atoms with E-state index in [2.05, 4.69) is 20.5 Å². The molecule has 0 aliphatic carbocycles. The standard InChI is InChI=1S/C28H30F4N6O2/c1-3-40-27-20(5-4-10-33-27)22-8-9-24(25(36-22)26(39)35-19-15-37(2)16-19)38-13-17(14-38)12-34-23-7-6-18(29)11-21(23)28(30,31)32/h4-11,17,19,34H,3,12-16H2,1-2H3,(H,35,39). The van der Waals surface area contributed by atoms with Crippen LogP contribution in [0, 0.1) is 11.7 Å². The minimum atomic E-state index is -4.67. The molecule has 4 heterocycles. The Balaban J connectivity index is 1.33. The Morgan fingerprint density at radius 2 is 1.90 bits per heavy atom. The molecular formula is C28H30F4N6O2. The lowest BCUT2D eigenvalue weighted by atomic mass is 9.97. The molecule has 8 nitrogen and oxygen atoms in total. The summed E-state index contributed by atoms with van der Waals surface area (Å²) in [6, 6.07) is 9.87. The summed E-state index contributed by atoms with van der Waals surface area (Å²) in [7, 11) is 1.97. The number of nitrogens with zero attached hydrogens (tertiary/aromatic N) is 4. The Hall–Kier alpha value is -3.93. The van der Waals surface area contributed by atoms with Crippen LogP contribution >= 0.6 is 0 Å². The van der Waals surface area contributed by atoms with E-state index >= 15 is 0 Å². The number of halogens is 4. The fourth-order valence-electron chi connectivity index (χ4n) is 4.96. The Bertz CT molecular complexity index is 1370. The third-order valence-corrected chi connectivity index (χ3v) is 6.98. The van der Waals surface area contributed by atoms with E-state index in [0.717, 1.165) is 25.2 Å². The van der Waals surface area contributed by atoms with Crippen LogP contribution in [0.2, 0.25) is 0 Å². The van der Waals surface area contributed by atoms with Gasteiger partial charge < -0.3 is 25.2 Å². The number of aromatic nitrogens is 2. The van der Waals surface area contributed by atoms with E-state index in [1.54, 1.807) is 12.3 Å². The lowest BCUT2D eigenvalue weighted by Crippen LogP contribution is -2.58. The zero-order valence-electron chi connectivity index (χ0n) is 22.1. The van der Waals surface area contributed by atoms with E-state index in [0.29, 0.717) is 48.6 Å². The topological polar surface area (TPSA) is 82.6 Å². The normalized spacial score (nSPS) is 16.3. The number of ether oxygens (including phenoxy) is 1. The molecule has 0 spiro atoms. The van der Waals surface area contributed by atoms with Gasteiger partial charge in [0.1, 0.15) is 5.82 Å². The van der Waals surface area contributed by atoms with Crippen molar-refractivity contribution in [2.45, 2.75) is 19.1 Å². The van der Waals surface area contributed by atoms with E-state index in [4.69, 9.17) is 9.72 Å². The summed E-state index contributed by atoms with van der Waals surface area (Å²) in [4.78, 5) is 26.4. The average molecular weight is 559 g/mol. The number of nitrogens with one attached hydrogen (secondary N) is 2. The highest BCUT2D eigenvalue weighted by atomic mass is 19.4. The SMILES string of the molecule is CCOc1ncccc1-c1ccc(N2CC(CNc3ccc(F)cc3C(F)(F)F)C2)c(C(=O)NC2CN(C)C2)n1. The number of likely N-dealkylation sites (N-methyl/N-ethyl adjacent to an activating group) is 1. The molecule has 5 rings (SSSR count). The second-order valence-corrected chi connectivity index (χ2v) is 10.1. The van der Waals surface area contributed by atoms with Crippen LogP contribution in [0.1, 0.15) is 23.0 Å². The Morgan fingerprint density at radius 1 is 1.12 bits per heavy atom. The lowest BCUT2D eigenvalue weighted by molar-refractivity contribution is -0.137. The molecule has 1 aromatic carbocycles. The van der Waals surface area contributed by atoms with Gasteiger partial charge in [-0.05, 0) is 56.4 Å². The number of anilines is 2. The number of carbonyl (C=O) groups is 1. The van der Waals surface area contributed by atoms with Gasteiger partial charge in [-0.2, -0.15) is 13.2 Å². The van der Waals surface area contributed by atoms with Crippen LogP contribution in [0.4, 0.5) is 28.9 Å². The molecule has 0 saturated carbocycles. The van der Waals surface area contributed by atoms with Crippen molar-refractivity contribution in [2.75, 3.05) is 56.6 Å². The number of benzene rings is 1. The van der Waals surface area contributed by atoms with Gasteiger partial charge in [0.15, 0.2) is 5.69 Å². The summed E-state index contributed by atoms with van der Waals surface area (Å²) in [5, 5.41) is 5.86. The first kappa shape index (κ1) is 27.6. The number of carbonyl (C=O) groups excluding carboxylic acids is 1. The molecule has 12 heteroatoms. The van der Waals surface area contributed by atoms with Crippen molar-refractivity contribution < 1.29 is 27.1 Å². The highest BCUT2D eigenvalue weighted by Gasteiger charge is 2.36. The molecule has 2 aromatic heterocycles. The minimum Gasteiger partial charge on any atom is -0.477 e. The summed E-state index contributed by atoms with van der Waals surface area (Å²) in [5.74, 6) is -0.793. The van der Waals surface area contributed by atoms with E-state index in [1.807, 2.05) is 37.1 Å². The quantitative estimate of drug-likeness (QED) is 0.379. The third kappa shape index (κ3) is 5.96. The van der Waals surface area contributed by atoms with Gasteiger partial charge in [-0.15, -0.1) is 0 Å². The Labute approximate surface area is 229 Å². The summed E-state index contributed by atoms with van der Waals surface area (Å²) in [6.45, 7) is 5.08. The van der Waals surface area contributed by atoms with Crippen LogP contribution in [-0.2, 0) is 6.18 Å². The number of alkyl halides is 3. The van der Waals surface area contributed by atoms with Crippen molar-refractivity contribution in [1.82, 2.24) is 20.2 Å². The predicted molar refractivity (Wildman–Crippen MR) is 143 cm³/mol. The molecular weight excluding hydrogens is 528 g/mol. The molecule has 2 aliphatic heterocycles. The van der Waals surface area contributed by atoms with E-state index in [-0.39, 0.29) is 35.8 Å². The van der Waals surface area contributed by atoms with Crippen molar-refractivity contribution in [2.24, 2.45) is 5.92 Å². The summed E-state index contributed by atoms with van der Waals surface area (Å²) in [5.41, 5.74) is 0.925. The first-order valence-corrected chi connectivity index (χ1v) is 13.1. The van der Waals surface area contributed by atoms with Gasteiger partial charge in [-0.25, -0.2) is 14.4 Å². The predicted octanol–water partition coefficient (Wildman–Crippen LogP) is 4.29. The van der Waals surface area contributed by atoms with Crippen LogP contribution in [-0.4, -0.2) is 73.2 Å². The van der Waals surface area contributed by atoms with Crippen molar-refractivity contribution in [1.29, 1.82) is 0 Å². The van der Waals surface area contributed by atoms with E-state index < -0.39 is 17.6 Å². The maximum atomic E-state index is 13.4. The molecule has 2 aliphatic rings. The number of hydrogen-bond acceptors (Lipinski definition) is 7. The molecule has 0 unspecified atom stereocenters. The third-order valence-electron chi connectivity index (χ3n) is 6.98. The van der Waals surface area contributed by atoms with Crippen LogP contribution in [0.25, 0.3) is 11.3 Å². The lowest BCUT2D eigenvalue weighted by Gasteiger charge is -2.42. The van der Waals surface area contributed by atoms with Crippen molar-refractivity contribution in [3.05, 3.63) is 65.7 Å². The number of amides is 1. The summed E-state index contributed by atoms with van der Waals surface area (Å²) < 4.78 is 59.1. The highest BCUT2D eigenvalue weighted by Crippen LogP contribution is 2.36. The van der Waals surface area contributed by atoms with E-state index in [9.17, 15) is 22.4 Å². The number of pyridine rings is 2. The van der Waals surface area contributed by atoms with Gasteiger partial charge in [-0.1, -0.05) is 0 Å². The van der Waals surface area contributed by atoms with E-state index in [1.165, 1.54) is 0 Å². The smallest absolute Gasteiger partial charge is 0.418 e. The second kappa shape index (κ2) is 11.3. The average Bonchev–Trinajstić information content (AvgIpc) is 2.87.